The Balaban J connectivity index is 1.74. The molecule has 1 atom stereocenters. The van der Waals surface area contributed by atoms with Crippen LogP contribution in [0, 0.1) is 11.3 Å². The molecule has 1 heterocycles. The lowest BCUT2D eigenvalue weighted by Gasteiger charge is -2.25. The molecule has 7 heteroatoms. The van der Waals surface area contributed by atoms with Crippen LogP contribution in [-0.2, 0) is 9.59 Å². The van der Waals surface area contributed by atoms with Crippen LogP contribution in [0.25, 0.3) is 0 Å². The molecule has 1 aliphatic rings. The molecule has 0 spiro atoms. The zero-order chi connectivity index (χ0) is 19.9. The normalized spacial score (nSPS) is 16.1. The van der Waals surface area contributed by atoms with Gasteiger partial charge in [-0.2, -0.15) is 5.26 Å². The summed E-state index contributed by atoms with van der Waals surface area (Å²) in [6, 6.07) is 18.8. The molecule has 2 amide bonds. The van der Waals surface area contributed by atoms with Gasteiger partial charge in [0.25, 0.3) is 0 Å². The Morgan fingerprint density at radius 3 is 2.68 bits per heavy atom. The fourth-order valence-corrected chi connectivity index (χ4v) is 3.85. The molecule has 6 nitrogen and oxygen atoms in total. The average molecular weight is 393 g/mol. The van der Waals surface area contributed by atoms with Gasteiger partial charge in [0.2, 0.25) is 11.8 Å². The minimum Gasteiger partial charge on any atom is -0.495 e. The lowest BCUT2D eigenvalue weighted by Crippen LogP contribution is -2.31. The van der Waals surface area contributed by atoms with E-state index in [9.17, 15) is 14.9 Å². The molecule has 2 N–H and O–H groups in total. The smallest absolute Gasteiger partial charge is 0.234 e. The Kier molecular flexibility index (Phi) is 6.35. The number of thioether (sulfide) groups is 1. The topological polar surface area (TPSA) is 91.2 Å². The maximum atomic E-state index is 12.3. The van der Waals surface area contributed by atoms with Crippen molar-refractivity contribution in [3.63, 3.8) is 0 Å². The highest BCUT2D eigenvalue weighted by molar-refractivity contribution is 8.03. The number of nitriles is 1. The summed E-state index contributed by atoms with van der Waals surface area (Å²) in [5.74, 6) is -0.108. The average Bonchev–Trinajstić information content (AvgIpc) is 2.73. The predicted octanol–water partition coefficient (Wildman–Crippen LogP) is 3.41. The second kappa shape index (κ2) is 9.11. The molecule has 0 saturated heterocycles. The number of ether oxygens (including phenoxy) is 1. The molecule has 0 saturated carbocycles. The fourth-order valence-electron chi connectivity index (χ4n) is 2.97. The van der Waals surface area contributed by atoms with Crippen molar-refractivity contribution >= 4 is 29.3 Å². The molecule has 2 aromatic rings. The zero-order valence-electron chi connectivity index (χ0n) is 15.3. The second-order valence-corrected chi connectivity index (χ2v) is 7.09. The molecule has 1 aliphatic heterocycles. The largest absolute Gasteiger partial charge is 0.495 e. The van der Waals surface area contributed by atoms with Crippen LogP contribution in [0.5, 0.6) is 5.75 Å². The van der Waals surface area contributed by atoms with E-state index in [0.29, 0.717) is 22.0 Å². The maximum absolute atomic E-state index is 12.3. The number of nitrogens with zero attached hydrogens (tertiary/aromatic N) is 1. The number of hydrogen-bond donors (Lipinski definition) is 2. The number of rotatable bonds is 6. The third-order valence-electron chi connectivity index (χ3n) is 4.29. The summed E-state index contributed by atoms with van der Waals surface area (Å²) in [4.78, 5) is 24.5. The number of methoxy groups -OCH3 is 1. The molecular weight excluding hydrogens is 374 g/mol. The number of nitrogens with one attached hydrogen (secondary N) is 2. The van der Waals surface area contributed by atoms with Crippen molar-refractivity contribution in [2.75, 3.05) is 18.2 Å². The zero-order valence-corrected chi connectivity index (χ0v) is 16.1. The number of carbonyl (C=O) groups is 2. The molecule has 2 aromatic carbocycles. The van der Waals surface area contributed by atoms with Crippen LogP contribution in [0.4, 0.5) is 5.69 Å². The van der Waals surface area contributed by atoms with Gasteiger partial charge in [-0.3, -0.25) is 9.59 Å². The van der Waals surface area contributed by atoms with Crippen LogP contribution in [-0.4, -0.2) is 24.7 Å². The van der Waals surface area contributed by atoms with E-state index in [2.05, 4.69) is 16.7 Å². The van der Waals surface area contributed by atoms with Crippen LogP contribution in [0.15, 0.2) is 65.2 Å². The van der Waals surface area contributed by atoms with Crippen molar-refractivity contribution in [1.29, 1.82) is 5.26 Å². The molecule has 0 unspecified atom stereocenters. The first-order valence-electron chi connectivity index (χ1n) is 8.67. The van der Waals surface area contributed by atoms with E-state index in [1.54, 1.807) is 18.2 Å². The van der Waals surface area contributed by atoms with Gasteiger partial charge in [-0.15, -0.1) is 0 Å². The van der Waals surface area contributed by atoms with Crippen LogP contribution in [0.2, 0.25) is 0 Å². The Bertz CT molecular complexity index is 951. The lowest BCUT2D eigenvalue weighted by atomic mass is 9.87. The van der Waals surface area contributed by atoms with Gasteiger partial charge in [-0.05, 0) is 17.7 Å². The van der Waals surface area contributed by atoms with Gasteiger partial charge in [0.15, 0.2) is 0 Å². The van der Waals surface area contributed by atoms with Crippen molar-refractivity contribution in [3.8, 4) is 11.8 Å². The molecule has 0 aromatic heterocycles. The first kappa shape index (κ1) is 19.5. The fraction of sp³-hybridized carbons (Fsp3) is 0.190. The van der Waals surface area contributed by atoms with E-state index >= 15 is 0 Å². The van der Waals surface area contributed by atoms with Crippen molar-refractivity contribution in [1.82, 2.24) is 5.32 Å². The number of para-hydroxylation sites is 2. The minimum absolute atomic E-state index is 0.0559. The molecule has 0 aliphatic carbocycles. The molecule has 0 radical (unpaired) electrons. The van der Waals surface area contributed by atoms with Gasteiger partial charge in [0.1, 0.15) is 5.75 Å². The number of benzene rings is 2. The number of allylic oxidation sites excluding steroid dienone is 1. The van der Waals surface area contributed by atoms with E-state index < -0.39 is 0 Å². The quantitative estimate of drug-likeness (QED) is 0.785. The standard InChI is InChI=1S/C21H19N3O3S/c1-27-18-10-6-5-9-17(18)23-20(26)13-28-21-16(12-22)15(11-19(25)24-21)14-7-3-2-4-8-14/h2-10,15H,11,13H2,1H3,(H,23,26)(H,24,25)/t15-/m1/s1. The highest BCUT2D eigenvalue weighted by Gasteiger charge is 2.29. The van der Waals surface area contributed by atoms with Gasteiger partial charge in [-0.1, -0.05) is 54.2 Å². The van der Waals surface area contributed by atoms with Gasteiger partial charge >= 0.3 is 0 Å². The number of amides is 2. The van der Waals surface area contributed by atoms with Gasteiger partial charge < -0.3 is 15.4 Å². The molecular formula is C21H19N3O3S. The SMILES string of the molecule is COc1ccccc1NC(=O)CSC1=C(C#N)[C@@H](c2ccccc2)CC(=O)N1. The monoisotopic (exact) mass is 393 g/mol. The first-order valence-corrected chi connectivity index (χ1v) is 9.65. The number of carbonyl (C=O) groups excluding carboxylic acids is 2. The summed E-state index contributed by atoms with van der Waals surface area (Å²) in [5, 5.41) is 15.6. The van der Waals surface area contributed by atoms with Crippen molar-refractivity contribution in [2.45, 2.75) is 12.3 Å². The first-order chi connectivity index (χ1) is 13.6. The van der Waals surface area contributed by atoms with Crippen LogP contribution in [0.3, 0.4) is 0 Å². The molecule has 0 bridgehead atoms. The van der Waals surface area contributed by atoms with E-state index in [1.165, 1.54) is 7.11 Å². The van der Waals surface area contributed by atoms with E-state index in [0.717, 1.165) is 17.3 Å². The second-order valence-electron chi connectivity index (χ2n) is 6.11. The Hall–Kier alpha value is -3.24. The Morgan fingerprint density at radius 2 is 1.96 bits per heavy atom. The van der Waals surface area contributed by atoms with E-state index in [1.807, 2.05) is 36.4 Å². The third kappa shape index (κ3) is 4.53. The van der Waals surface area contributed by atoms with Crippen molar-refractivity contribution in [3.05, 3.63) is 70.8 Å². The molecule has 3 rings (SSSR count). The van der Waals surface area contributed by atoms with Crippen LogP contribution >= 0.6 is 11.8 Å². The molecule has 28 heavy (non-hydrogen) atoms. The summed E-state index contributed by atoms with van der Waals surface area (Å²) in [5.41, 5.74) is 1.95. The summed E-state index contributed by atoms with van der Waals surface area (Å²) >= 11 is 1.15. The van der Waals surface area contributed by atoms with Gasteiger partial charge in [-0.25, -0.2) is 0 Å². The Morgan fingerprint density at radius 1 is 1.25 bits per heavy atom. The summed E-state index contributed by atoms with van der Waals surface area (Å²) in [7, 11) is 1.53. The highest BCUT2D eigenvalue weighted by Crippen LogP contribution is 2.35. The molecule has 142 valence electrons. The number of anilines is 1. The van der Waals surface area contributed by atoms with Crippen LogP contribution < -0.4 is 15.4 Å². The summed E-state index contributed by atoms with van der Waals surface area (Å²) in [6.07, 6.45) is 0.213. The van der Waals surface area contributed by atoms with E-state index in [4.69, 9.17) is 4.74 Å². The third-order valence-corrected chi connectivity index (χ3v) is 5.30. The summed E-state index contributed by atoms with van der Waals surface area (Å²) in [6.45, 7) is 0. The minimum atomic E-state index is -0.306. The van der Waals surface area contributed by atoms with Gasteiger partial charge in [0.05, 0.1) is 35.2 Å². The lowest BCUT2D eigenvalue weighted by molar-refractivity contribution is -0.121. The Labute approximate surface area is 167 Å². The maximum Gasteiger partial charge on any atom is 0.234 e. The van der Waals surface area contributed by atoms with Crippen molar-refractivity contribution in [2.24, 2.45) is 0 Å². The van der Waals surface area contributed by atoms with Gasteiger partial charge in [0, 0.05) is 12.3 Å². The van der Waals surface area contributed by atoms with E-state index in [-0.39, 0.29) is 29.9 Å². The molecule has 0 fully saturated rings. The number of hydrogen-bond acceptors (Lipinski definition) is 5. The summed E-state index contributed by atoms with van der Waals surface area (Å²) < 4.78 is 5.22. The predicted molar refractivity (Wildman–Crippen MR) is 109 cm³/mol. The highest BCUT2D eigenvalue weighted by atomic mass is 32.2. The van der Waals surface area contributed by atoms with Crippen LogP contribution in [0.1, 0.15) is 17.9 Å². The van der Waals surface area contributed by atoms with Crippen molar-refractivity contribution < 1.29 is 14.3 Å².